The summed E-state index contributed by atoms with van der Waals surface area (Å²) in [5, 5.41) is 3.27. The Bertz CT molecular complexity index is 759. The minimum atomic E-state index is -0.0226. The Morgan fingerprint density at radius 2 is 1.89 bits per heavy atom. The van der Waals surface area contributed by atoms with Gasteiger partial charge in [0, 0.05) is 46.4 Å². The lowest BCUT2D eigenvalue weighted by atomic mass is 10.2. The Kier molecular flexibility index (Phi) is 7.08. The predicted molar refractivity (Wildman–Crippen MR) is 110 cm³/mol. The van der Waals surface area contributed by atoms with E-state index in [0.717, 1.165) is 49.8 Å². The molecule has 2 heterocycles. The Balaban J connectivity index is 1.53. The number of methoxy groups -OCH3 is 2. The van der Waals surface area contributed by atoms with Crippen molar-refractivity contribution in [1.29, 1.82) is 0 Å². The number of carbonyl (C=O) groups is 1. The fourth-order valence-corrected chi connectivity index (χ4v) is 3.28. The number of carbonyl (C=O) groups excluding carboxylic acids is 1. The number of amides is 1. The van der Waals surface area contributed by atoms with E-state index in [4.69, 9.17) is 9.47 Å². The van der Waals surface area contributed by atoms with Gasteiger partial charge in [-0.25, -0.2) is 4.98 Å². The molecule has 0 saturated carbocycles. The van der Waals surface area contributed by atoms with Gasteiger partial charge in [-0.2, -0.15) is 0 Å². The van der Waals surface area contributed by atoms with Gasteiger partial charge >= 0.3 is 0 Å². The van der Waals surface area contributed by atoms with Crippen molar-refractivity contribution in [2.75, 3.05) is 63.8 Å². The average molecular weight is 384 g/mol. The monoisotopic (exact) mass is 384 g/mol. The van der Waals surface area contributed by atoms with E-state index < -0.39 is 0 Å². The minimum Gasteiger partial charge on any atom is -0.495 e. The summed E-state index contributed by atoms with van der Waals surface area (Å²) in [4.78, 5) is 21.2. The summed E-state index contributed by atoms with van der Waals surface area (Å²) in [6, 6.07) is 11.7. The van der Waals surface area contributed by atoms with Crippen LogP contribution >= 0.6 is 0 Å². The van der Waals surface area contributed by atoms with Crippen molar-refractivity contribution in [3.05, 3.63) is 48.3 Å². The summed E-state index contributed by atoms with van der Waals surface area (Å²) in [7, 11) is 3.37. The van der Waals surface area contributed by atoms with Gasteiger partial charge in [0.15, 0.2) is 0 Å². The molecular formula is C21H28N4O3. The van der Waals surface area contributed by atoms with Crippen molar-refractivity contribution in [3.63, 3.8) is 0 Å². The third-order valence-electron chi connectivity index (χ3n) is 4.83. The van der Waals surface area contributed by atoms with Crippen LogP contribution in [0.3, 0.4) is 0 Å². The highest BCUT2D eigenvalue weighted by Gasteiger charge is 2.24. The maximum absolute atomic E-state index is 12.8. The largest absolute Gasteiger partial charge is 0.495 e. The average Bonchev–Trinajstić information content (AvgIpc) is 2.77. The molecule has 1 aromatic heterocycles. The highest BCUT2D eigenvalue weighted by molar-refractivity contribution is 5.92. The quantitative estimate of drug-likeness (QED) is 0.706. The van der Waals surface area contributed by atoms with Gasteiger partial charge < -0.3 is 24.6 Å². The van der Waals surface area contributed by atoms with Crippen LogP contribution < -0.4 is 15.0 Å². The van der Waals surface area contributed by atoms with Gasteiger partial charge in [-0.1, -0.05) is 12.1 Å². The van der Waals surface area contributed by atoms with E-state index in [1.165, 1.54) is 0 Å². The normalized spacial score (nSPS) is 14.1. The molecule has 0 unspecified atom stereocenters. The van der Waals surface area contributed by atoms with Crippen molar-refractivity contribution in [1.82, 2.24) is 9.88 Å². The van der Waals surface area contributed by atoms with E-state index in [-0.39, 0.29) is 5.91 Å². The van der Waals surface area contributed by atoms with E-state index in [2.05, 4.69) is 21.3 Å². The van der Waals surface area contributed by atoms with Gasteiger partial charge in [-0.15, -0.1) is 0 Å². The first-order valence-corrected chi connectivity index (χ1v) is 9.59. The smallest absolute Gasteiger partial charge is 0.272 e. The third kappa shape index (κ3) is 4.92. The third-order valence-corrected chi connectivity index (χ3v) is 4.83. The summed E-state index contributed by atoms with van der Waals surface area (Å²) in [6.45, 7) is 4.40. The molecule has 2 aromatic rings. The first-order valence-electron chi connectivity index (χ1n) is 9.59. The van der Waals surface area contributed by atoms with Crippen LogP contribution in [0.1, 0.15) is 16.9 Å². The number of nitrogens with zero attached hydrogens (tertiary/aromatic N) is 3. The van der Waals surface area contributed by atoms with Crippen LogP contribution in [0.5, 0.6) is 5.75 Å². The Morgan fingerprint density at radius 1 is 1.11 bits per heavy atom. The molecule has 0 spiro atoms. The van der Waals surface area contributed by atoms with Crippen molar-refractivity contribution in [3.8, 4) is 5.75 Å². The number of rotatable bonds is 8. The maximum Gasteiger partial charge on any atom is 0.272 e. The van der Waals surface area contributed by atoms with Gasteiger partial charge in [0.05, 0.1) is 24.7 Å². The second kappa shape index (κ2) is 9.94. The van der Waals surface area contributed by atoms with Gasteiger partial charge in [-0.05, 0) is 30.7 Å². The van der Waals surface area contributed by atoms with Crippen molar-refractivity contribution >= 4 is 17.3 Å². The van der Waals surface area contributed by atoms with Crippen LogP contribution in [-0.4, -0.2) is 69.3 Å². The number of hydrogen-bond donors (Lipinski definition) is 1. The molecule has 1 saturated heterocycles. The van der Waals surface area contributed by atoms with Crippen molar-refractivity contribution in [2.45, 2.75) is 6.42 Å². The Labute approximate surface area is 166 Å². The summed E-state index contributed by atoms with van der Waals surface area (Å²) >= 11 is 0. The van der Waals surface area contributed by atoms with Crippen LogP contribution in [-0.2, 0) is 4.74 Å². The number of ether oxygens (including phenoxy) is 2. The van der Waals surface area contributed by atoms with E-state index >= 15 is 0 Å². The van der Waals surface area contributed by atoms with Gasteiger partial charge in [0.1, 0.15) is 11.4 Å². The molecule has 1 aliphatic rings. The van der Waals surface area contributed by atoms with Gasteiger partial charge in [0.25, 0.3) is 5.91 Å². The molecule has 1 N–H and O–H groups in total. The molecular weight excluding hydrogens is 356 g/mol. The molecule has 1 aliphatic heterocycles. The molecule has 1 amide bonds. The molecule has 150 valence electrons. The predicted octanol–water partition coefficient (Wildman–Crippen LogP) is 2.50. The second-order valence-corrected chi connectivity index (χ2v) is 6.66. The minimum absolute atomic E-state index is 0.0226. The fourth-order valence-electron chi connectivity index (χ4n) is 3.28. The van der Waals surface area contributed by atoms with Crippen molar-refractivity contribution in [2.24, 2.45) is 0 Å². The van der Waals surface area contributed by atoms with Crippen LogP contribution in [0.25, 0.3) is 0 Å². The summed E-state index contributed by atoms with van der Waals surface area (Å²) < 4.78 is 10.5. The molecule has 0 bridgehead atoms. The van der Waals surface area contributed by atoms with E-state index in [9.17, 15) is 4.79 Å². The lowest BCUT2D eigenvalue weighted by Gasteiger charge is -2.36. The molecule has 7 heteroatoms. The lowest BCUT2D eigenvalue weighted by molar-refractivity contribution is 0.0741. The molecule has 1 aromatic carbocycles. The molecule has 1 fully saturated rings. The number of pyridine rings is 1. The standard InChI is InChI=1S/C21H28N4O3/c1-27-15-5-10-22-17-8-9-18(23-16-17)21(26)25-13-11-24(12-14-25)19-6-3-4-7-20(19)28-2/h3-4,6-9,16,22H,5,10-15H2,1-2H3. The van der Waals surface area contributed by atoms with Crippen LogP contribution in [0, 0.1) is 0 Å². The van der Waals surface area contributed by atoms with Crippen LogP contribution in [0.15, 0.2) is 42.6 Å². The molecule has 0 radical (unpaired) electrons. The Morgan fingerprint density at radius 3 is 2.57 bits per heavy atom. The summed E-state index contributed by atoms with van der Waals surface area (Å²) in [6.07, 6.45) is 2.64. The van der Waals surface area contributed by atoms with Crippen LogP contribution in [0.4, 0.5) is 11.4 Å². The number of benzene rings is 1. The first kappa shape index (κ1) is 19.9. The van der Waals surface area contributed by atoms with Crippen LogP contribution in [0.2, 0.25) is 0 Å². The first-order chi connectivity index (χ1) is 13.7. The number of hydrogen-bond acceptors (Lipinski definition) is 6. The second-order valence-electron chi connectivity index (χ2n) is 6.66. The number of anilines is 2. The zero-order valence-corrected chi connectivity index (χ0v) is 16.6. The number of nitrogens with one attached hydrogen (secondary N) is 1. The number of aromatic nitrogens is 1. The van der Waals surface area contributed by atoms with Gasteiger partial charge in [0.2, 0.25) is 0 Å². The highest BCUT2D eigenvalue weighted by Crippen LogP contribution is 2.28. The fraction of sp³-hybridized carbons (Fsp3) is 0.429. The van der Waals surface area contributed by atoms with E-state index in [1.54, 1.807) is 26.5 Å². The summed E-state index contributed by atoms with van der Waals surface area (Å²) in [5.74, 6) is 0.836. The maximum atomic E-state index is 12.8. The molecule has 7 nitrogen and oxygen atoms in total. The summed E-state index contributed by atoms with van der Waals surface area (Å²) in [5.41, 5.74) is 2.46. The Hall–Kier alpha value is -2.80. The number of para-hydroxylation sites is 2. The topological polar surface area (TPSA) is 66.9 Å². The van der Waals surface area contributed by atoms with E-state index in [0.29, 0.717) is 18.8 Å². The molecule has 3 rings (SSSR count). The molecule has 0 aliphatic carbocycles. The van der Waals surface area contributed by atoms with E-state index in [1.807, 2.05) is 29.2 Å². The molecule has 28 heavy (non-hydrogen) atoms. The molecule has 0 atom stereocenters. The SMILES string of the molecule is COCCCNc1ccc(C(=O)N2CCN(c3ccccc3OC)CC2)nc1. The zero-order chi connectivity index (χ0) is 19.8. The zero-order valence-electron chi connectivity index (χ0n) is 16.6. The van der Waals surface area contributed by atoms with Gasteiger partial charge in [-0.3, -0.25) is 4.79 Å². The highest BCUT2D eigenvalue weighted by atomic mass is 16.5. The number of piperazine rings is 1. The van der Waals surface area contributed by atoms with Crippen molar-refractivity contribution < 1.29 is 14.3 Å². The lowest BCUT2D eigenvalue weighted by Crippen LogP contribution is -2.49.